The van der Waals surface area contributed by atoms with Crippen molar-refractivity contribution in [1.29, 1.82) is 0 Å². The van der Waals surface area contributed by atoms with Crippen LogP contribution in [0.25, 0.3) is 6.08 Å². The summed E-state index contributed by atoms with van der Waals surface area (Å²) in [6.45, 7) is 0. The Hall–Kier alpha value is -2.18. The maximum atomic E-state index is 13.0. The van der Waals surface area contributed by atoms with Crippen LogP contribution in [0.2, 0.25) is 0 Å². The highest BCUT2D eigenvalue weighted by molar-refractivity contribution is 8.27. The Morgan fingerprint density at radius 2 is 2.00 bits per heavy atom. The molecule has 0 aliphatic carbocycles. The molecule has 1 fully saturated rings. The Balaban J connectivity index is 1.80. The van der Waals surface area contributed by atoms with E-state index >= 15 is 0 Å². The maximum Gasteiger partial charge on any atom is 0.270 e. The van der Waals surface area contributed by atoms with Crippen LogP contribution in [-0.2, 0) is 4.79 Å². The number of rotatable bonds is 3. The monoisotopic (exact) mass is 331 g/mol. The maximum absolute atomic E-state index is 13.0. The van der Waals surface area contributed by atoms with Crippen LogP contribution < -0.4 is 4.90 Å². The third-order valence-electron chi connectivity index (χ3n) is 2.93. The fourth-order valence-corrected chi connectivity index (χ4v) is 3.16. The number of hydrogen-bond donors (Lipinski definition) is 0. The molecule has 1 amide bonds. The molecule has 3 rings (SSSR count). The summed E-state index contributed by atoms with van der Waals surface area (Å²) in [5.74, 6) is 0.127. The Bertz CT molecular complexity index is 764. The minimum absolute atomic E-state index is 0.217. The average molecular weight is 331 g/mol. The van der Waals surface area contributed by atoms with Crippen LogP contribution in [0.3, 0.4) is 0 Å². The number of thioether (sulfide) groups is 1. The molecule has 1 aliphatic heterocycles. The second-order valence-electron chi connectivity index (χ2n) is 4.39. The number of carbonyl (C=O) groups is 1. The summed E-state index contributed by atoms with van der Waals surface area (Å²) in [6, 6.07) is 9.26. The highest BCUT2D eigenvalue weighted by Gasteiger charge is 2.32. The number of hydrogen-bond acceptors (Lipinski definition) is 4. The Kier molecular flexibility index (Phi) is 4.22. The molecular weight excluding hydrogens is 321 g/mol. The van der Waals surface area contributed by atoms with Gasteiger partial charge in [-0.15, -0.1) is 0 Å². The van der Waals surface area contributed by atoms with Crippen LogP contribution in [0.5, 0.6) is 0 Å². The van der Waals surface area contributed by atoms with Crippen LogP contribution in [-0.4, -0.2) is 10.2 Å². The largest absolute Gasteiger partial charge is 0.465 e. The zero-order valence-corrected chi connectivity index (χ0v) is 12.9. The summed E-state index contributed by atoms with van der Waals surface area (Å²) >= 11 is 6.44. The lowest BCUT2D eigenvalue weighted by Gasteiger charge is -2.13. The molecule has 1 saturated heterocycles. The van der Waals surface area contributed by atoms with Crippen molar-refractivity contribution in [3.8, 4) is 0 Å². The van der Waals surface area contributed by atoms with Crippen molar-refractivity contribution in [3.63, 3.8) is 0 Å². The molecule has 0 radical (unpaired) electrons. The number of benzene rings is 1. The molecule has 1 aliphatic rings. The second-order valence-corrected chi connectivity index (χ2v) is 6.07. The van der Waals surface area contributed by atoms with Crippen molar-refractivity contribution in [3.05, 3.63) is 71.3 Å². The molecule has 3 nitrogen and oxygen atoms in total. The first kappa shape index (κ1) is 14.7. The standard InChI is InChI=1S/C16H10FNO2S2/c17-11-6-8-12(9-7-11)18-15(19)14(22-16(18)21)5-1-3-13-4-2-10-20-13/h1-10H/b3-1+,14-5+. The summed E-state index contributed by atoms with van der Waals surface area (Å²) in [5, 5.41) is 0. The molecule has 0 saturated carbocycles. The highest BCUT2D eigenvalue weighted by Crippen LogP contribution is 2.34. The molecule has 2 heterocycles. The first-order valence-electron chi connectivity index (χ1n) is 6.39. The Morgan fingerprint density at radius 3 is 2.68 bits per heavy atom. The highest BCUT2D eigenvalue weighted by atomic mass is 32.2. The van der Waals surface area contributed by atoms with E-state index in [1.54, 1.807) is 30.6 Å². The fraction of sp³-hybridized carbons (Fsp3) is 0. The van der Waals surface area contributed by atoms with E-state index in [-0.39, 0.29) is 11.7 Å². The van der Waals surface area contributed by atoms with Crippen LogP contribution in [0, 0.1) is 5.82 Å². The van der Waals surface area contributed by atoms with Gasteiger partial charge in [0.1, 0.15) is 11.6 Å². The van der Waals surface area contributed by atoms with E-state index in [2.05, 4.69) is 0 Å². The van der Waals surface area contributed by atoms with Crippen molar-refractivity contribution >= 4 is 46.0 Å². The molecule has 0 bridgehead atoms. The zero-order valence-electron chi connectivity index (χ0n) is 11.2. The first-order valence-corrected chi connectivity index (χ1v) is 7.61. The molecule has 1 aromatic heterocycles. The fourth-order valence-electron chi connectivity index (χ4n) is 1.91. The van der Waals surface area contributed by atoms with Gasteiger partial charge in [-0.3, -0.25) is 9.69 Å². The molecule has 0 spiro atoms. The predicted octanol–water partition coefficient (Wildman–Crippen LogP) is 4.38. The van der Waals surface area contributed by atoms with Gasteiger partial charge in [0, 0.05) is 0 Å². The minimum atomic E-state index is -0.355. The lowest BCUT2D eigenvalue weighted by Crippen LogP contribution is -2.27. The van der Waals surface area contributed by atoms with E-state index < -0.39 is 0 Å². The molecule has 0 N–H and O–H groups in total. The van der Waals surface area contributed by atoms with Crippen LogP contribution in [0.4, 0.5) is 10.1 Å². The van der Waals surface area contributed by atoms with E-state index in [4.69, 9.17) is 16.6 Å². The molecule has 1 aromatic carbocycles. The molecule has 0 atom stereocenters. The first-order chi connectivity index (χ1) is 10.6. The van der Waals surface area contributed by atoms with Gasteiger partial charge in [-0.1, -0.05) is 30.1 Å². The molecule has 2 aromatic rings. The number of allylic oxidation sites excluding steroid dienone is 2. The van der Waals surface area contributed by atoms with Crippen LogP contribution in [0.1, 0.15) is 5.76 Å². The van der Waals surface area contributed by atoms with Gasteiger partial charge in [-0.25, -0.2) is 4.39 Å². The summed E-state index contributed by atoms with van der Waals surface area (Å²) in [4.78, 5) is 14.3. The second kappa shape index (κ2) is 6.29. The number of nitrogens with zero attached hydrogens (tertiary/aromatic N) is 1. The van der Waals surface area contributed by atoms with Crippen molar-refractivity contribution in [2.24, 2.45) is 0 Å². The number of carbonyl (C=O) groups excluding carboxylic acids is 1. The van der Waals surface area contributed by atoms with E-state index in [0.29, 0.717) is 20.7 Å². The van der Waals surface area contributed by atoms with E-state index in [9.17, 15) is 9.18 Å². The summed E-state index contributed by atoms with van der Waals surface area (Å²) in [6.07, 6.45) is 6.75. The van der Waals surface area contributed by atoms with E-state index in [1.165, 1.54) is 40.9 Å². The SMILES string of the molecule is O=C1/C(=C\C=C\c2ccco2)SC(=S)N1c1ccc(F)cc1. The van der Waals surface area contributed by atoms with Gasteiger partial charge in [0.2, 0.25) is 0 Å². The number of amides is 1. The van der Waals surface area contributed by atoms with Gasteiger partial charge in [-0.2, -0.15) is 0 Å². The van der Waals surface area contributed by atoms with Gasteiger partial charge in [-0.05, 0) is 48.6 Å². The normalized spacial score (nSPS) is 17.1. The van der Waals surface area contributed by atoms with E-state index in [0.717, 1.165) is 0 Å². The number of thiocarbonyl (C=S) groups is 1. The predicted molar refractivity (Wildman–Crippen MR) is 89.9 cm³/mol. The Morgan fingerprint density at radius 1 is 1.23 bits per heavy atom. The van der Waals surface area contributed by atoms with Gasteiger partial charge in [0.15, 0.2) is 4.32 Å². The molecular formula is C16H10FNO2S2. The Labute approximate surface area is 136 Å². The van der Waals surface area contributed by atoms with Gasteiger partial charge in [0.05, 0.1) is 16.9 Å². The van der Waals surface area contributed by atoms with Crippen LogP contribution >= 0.6 is 24.0 Å². The van der Waals surface area contributed by atoms with E-state index in [1.807, 2.05) is 6.07 Å². The number of anilines is 1. The van der Waals surface area contributed by atoms with Gasteiger partial charge < -0.3 is 4.42 Å². The van der Waals surface area contributed by atoms with Crippen molar-refractivity contribution in [2.45, 2.75) is 0 Å². The zero-order chi connectivity index (χ0) is 15.5. The number of furan rings is 1. The average Bonchev–Trinajstić information content (AvgIpc) is 3.10. The third-order valence-corrected chi connectivity index (χ3v) is 4.25. The summed E-state index contributed by atoms with van der Waals surface area (Å²) in [7, 11) is 0. The molecule has 22 heavy (non-hydrogen) atoms. The lowest BCUT2D eigenvalue weighted by molar-refractivity contribution is -0.113. The lowest BCUT2D eigenvalue weighted by atomic mass is 10.3. The van der Waals surface area contributed by atoms with Crippen LogP contribution in [0.15, 0.2) is 64.1 Å². The quantitative estimate of drug-likeness (QED) is 0.617. The van der Waals surface area contributed by atoms with Gasteiger partial charge >= 0.3 is 0 Å². The summed E-state index contributed by atoms with van der Waals surface area (Å²) < 4.78 is 18.6. The smallest absolute Gasteiger partial charge is 0.270 e. The molecule has 110 valence electrons. The van der Waals surface area contributed by atoms with Crippen molar-refractivity contribution in [2.75, 3.05) is 4.90 Å². The van der Waals surface area contributed by atoms with Gasteiger partial charge in [0.25, 0.3) is 5.91 Å². The summed E-state index contributed by atoms with van der Waals surface area (Å²) in [5.41, 5.74) is 0.558. The topological polar surface area (TPSA) is 33.5 Å². The molecule has 6 heteroatoms. The van der Waals surface area contributed by atoms with Crippen molar-refractivity contribution < 1.29 is 13.6 Å². The third kappa shape index (κ3) is 3.03. The molecule has 0 unspecified atom stereocenters. The number of halogens is 1. The van der Waals surface area contributed by atoms with Crippen molar-refractivity contribution in [1.82, 2.24) is 0 Å². The minimum Gasteiger partial charge on any atom is -0.465 e.